The lowest BCUT2D eigenvalue weighted by Crippen LogP contribution is -2.52. The first-order valence-electron chi connectivity index (χ1n) is 7.79. The van der Waals surface area contributed by atoms with Gasteiger partial charge in [-0.1, -0.05) is 23.9 Å². The van der Waals surface area contributed by atoms with E-state index < -0.39 is 4.75 Å². The number of fused-ring (bicyclic) bond motifs is 1. The molecule has 6 nitrogen and oxygen atoms in total. The molecule has 0 unspecified atom stereocenters. The molecule has 0 bridgehead atoms. The number of aryl methyl sites for hydroxylation is 2. The molecule has 2 N–H and O–H groups in total. The van der Waals surface area contributed by atoms with Crippen LogP contribution in [0.3, 0.4) is 0 Å². The van der Waals surface area contributed by atoms with Gasteiger partial charge in [-0.2, -0.15) is 5.10 Å². The number of nitrogens with one attached hydrogen (secondary N) is 2. The predicted molar refractivity (Wildman–Crippen MR) is 94.0 cm³/mol. The Balaban J connectivity index is 1.66. The third-order valence-corrected chi connectivity index (χ3v) is 5.38. The highest BCUT2D eigenvalue weighted by Crippen LogP contribution is 2.42. The third kappa shape index (κ3) is 3.03. The van der Waals surface area contributed by atoms with Gasteiger partial charge in [0.2, 0.25) is 11.8 Å². The molecule has 2 amide bonds. The Morgan fingerprint density at radius 1 is 1.38 bits per heavy atom. The Morgan fingerprint density at radius 2 is 2.12 bits per heavy atom. The van der Waals surface area contributed by atoms with Crippen molar-refractivity contribution in [3.8, 4) is 0 Å². The zero-order valence-electron chi connectivity index (χ0n) is 13.9. The largest absolute Gasteiger partial charge is 0.353 e. The lowest BCUT2D eigenvalue weighted by atomic mass is 10.1. The molecule has 0 aliphatic carbocycles. The van der Waals surface area contributed by atoms with Gasteiger partial charge in [0, 0.05) is 17.1 Å². The standard InChI is InChI=1S/C17H20N4O2S/c1-11-10-12(2)21(20-11)9-8-18-15(22)17(3)16(23)19-13-6-4-5-7-14(13)24-17/h4-7,10H,8-9H2,1-3H3,(H,18,22)(H,19,23)/t17-/m0/s1. The minimum atomic E-state index is -1.18. The summed E-state index contributed by atoms with van der Waals surface area (Å²) in [5.74, 6) is -0.587. The molecule has 0 spiro atoms. The Labute approximate surface area is 145 Å². The quantitative estimate of drug-likeness (QED) is 0.833. The van der Waals surface area contributed by atoms with Gasteiger partial charge in [0.15, 0.2) is 4.75 Å². The first-order valence-corrected chi connectivity index (χ1v) is 8.60. The number of amides is 2. The van der Waals surface area contributed by atoms with E-state index in [-0.39, 0.29) is 11.8 Å². The Kier molecular flexibility index (Phi) is 4.36. The van der Waals surface area contributed by atoms with Crippen LogP contribution in [0.25, 0.3) is 0 Å². The summed E-state index contributed by atoms with van der Waals surface area (Å²) in [4.78, 5) is 25.9. The normalized spacial score (nSPS) is 19.5. The second-order valence-corrected chi connectivity index (χ2v) is 7.45. The SMILES string of the molecule is Cc1cc(C)n(CCNC(=O)[C@]2(C)Sc3ccccc3NC2=O)n1. The molecule has 3 rings (SSSR count). The number of benzene rings is 1. The van der Waals surface area contributed by atoms with Crippen LogP contribution in [0.5, 0.6) is 0 Å². The summed E-state index contributed by atoms with van der Waals surface area (Å²) in [5.41, 5.74) is 2.75. The molecule has 0 fully saturated rings. The van der Waals surface area contributed by atoms with Crippen LogP contribution in [0.1, 0.15) is 18.3 Å². The van der Waals surface area contributed by atoms with Crippen LogP contribution in [0.4, 0.5) is 5.69 Å². The van der Waals surface area contributed by atoms with Gasteiger partial charge in [0.05, 0.1) is 17.9 Å². The van der Waals surface area contributed by atoms with Crippen molar-refractivity contribution in [3.05, 3.63) is 41.7 Å². The monoisotopic (exact) mass is 344 g/mol. The van der Waals surface area contributed by atoms with Gasteiger partial charge in [-0.3, -0.25) is 14.3 Å². The first kappa shape index (κ1) is 16.6. The molecule has 0 saturated heterocycles. The van der Waals surface area contributed by atoms with E-state index in [0.717, 1.165) is 22.0 Å². The number of carbonyl (C=O) groups is 2. The minimum absolute atomic E-state index is 0.291. The topological polar surface area (TPSA) is 76.0 Å². The van der Waals surface area contributed by atoms with Crippen molar-refractivity contribution in [2.45, 2.75) is 37.0 Å². The summed E-state index contributed by atoms with van der Waals surface area (Å²) < 4.78 is 0.671. The van der Waals surface area contributed by atoms with Crippen molar-refractivity contribution < 1.29 is 9.59 Å². The average molecular weight is 344 g/mol. The van der Waals surface area contributed by atoms with Crippen LogP contribution >= 0.6 is 11.8 Å². The van der Waals surface area contributed by atoms with Gasteiger partial charge in [-0.15, -0.1) is 0 Å². The fourth-order valence-corrected chi connectivity index (χ4v) is 3.79. The lowest BCUT2D eigenvalue weighted by Gasteiger charge is -2.31. The lowest BCUT2D eigenvalue weighted by molar-refractivity contribution is -0.129. The molecule has 1 aliphatic rings. The van der Waals surface area contributed by atoms with Gasteiger partial charge in [-0.05, 0) is 39.0 Å². The highest BCUT2D eigenvalue weighted by atomic mass is 32.2. The Hall–Kier alpha value is -2.28. The van der Waals surface area contributed by atoms with Crippen molar-refractivity contribution in [2.24, 2.45) is 0 Å². The number of thioether (sulfide) groups is 1. The van der Waals surface area contributed by atoms with Crippen LogP contribution in [0, 0.1) is 13.8 Å². The predicted octanol–water partition coefficient (Wildman–Crippen LogP) is 2.12. The fraction of sp³-hybridized carbons (Fsp3) is 0.353. The highest BCUT2D eigenvalue weighted by molar-refractivity contribution is 8.02. The summed E-state index contributed by atoms with van der Waals surface area (Å²) in [7, 11) is 0. The van der Waals surface area contributed by atoms with Crippen molar-refractivity contribution in [1.82, 2.24) is 15.1 Å². The van der Waals surface area contributed by atoms with Crippen molar-refractivity contribution in [3.63, 3.8) is 0 Å². The van der Waals surface area contributed by atoms with E-state index in [2.05, 4.69) is 15.7 Å². The number of para-hydroxylation sites is 1. The molecule has 0 radical (unpaired) electrons. The smallest absolute Gasteiger partial charge is 0.250 e. The molecule has 1 aromatic carbocycles. The van der Waals surface area contributed by atoms with Crippen molar-refractivity contribution >= 4 is 29.3 Å². The van der Waals surface area contributed by atoms with Crippen LogP contribution in [0.2, 0.25) is 0 Å². The highest BCUT2D eigenvalue weighted by Gasteiger charge is 2.45. The number of anilines is 1. The molecule has 1 aliphatic heterocycles. The van der Waals surface area contributed by atoms with Crippen LogP contribution < -0.4 is 10.6 Å². The maximum Gasteiger partial charge on any atom is 0.250 e. The van der Waals surface area contributed by atoms with Crippen LogP contribution in [-0.4, -0.2) is 32.9 Å². The van der Waals surface area contributed by atoms with Crippen molar-refractivity contribution in [1.29, 1.82) is 0 Å². The molecule has 0 saturated carbocycles. The molecule has 2 heterocycles. The Bertz CT molecular complexity index is 802. The van der Waals surface area contributed by atoms with Crippen LogP contribution in [-0.2, 0) is 16.1 Å². The zero-order valence-corrected chi connectivity index (χ0v) is 14.7. The number of carbonyl (C=O) groups excluding carboxylic acids is 2. The molecular formula is C17H20N4O2S. The summed E-state index contributed by atoms with van der Waals surface area (Å²) in [6.45, 7) is 6.56. The molecule has 24 heavy (non-hydrogen) atoms. The van der Waals surface area contributed by atoms with Crippen LogP contribution in [0.15, 0.2) is 35.2 Å². The van der Waals surface area contributed by atoms with E-state index in [1.807, 2.05) is 48.9 Å². The second-order valence-electron chi connectivity index (χ2n) is 5.99. The third-order valence-electron chi connectivity index (χ3n) is 4.03. The van der Waals surface area contributed by atoms with Gasteiger partial charge >= 0.3 is 0 Å². The number of hydrogen-bond donors (Lipinski definition) is 2. The fourth-order valence-electron chi connectivity index (χ4n) is 2.66. The van der Waals surface area contributed by atoms with E-state index in [1.54, 1.807) is 6.92 Å². The maximum atomic E-state index is 12.6. The summed E-state index contributed by atoms with van der Waals surface area (Å²) in [6, 6.07) is 9.48. The molecule has 2 aromatic rings. The number of nitrogens with zero attached hydrogens (tertiary/aromatic N) is 2. The van der Waals surface area contributed by atoms with Gasteiger partial charge in [-0.25, -0.2) is 0 Å². The van der Waals surface area contributed by atoms with E-state index in [9.17, 15) is 9.59 Å². The zero-order chi connectivity index (χ0) is 17.3. The second kappa shape index (κ2) is 6.32. The van der Waals surface area contributed by atoms with Gasteiger partial charge < -0.3 is 10.6 Å². The maximum absolute atomic E-state index is 12.6. The molecule has 1 atom stereocenters. The molecule has 126 valence electrons. The number of rotatable bonds is 4. The van der Waals surface area contributed by atoms with Gasteiger partial charge in [0.1, 0.15) is 0 Å². The number of aromatic nitrogens is 2. The first-order chi connectivity index (χ1) is 11.4. The van der Waals surface area contributed by atoms with E-state index in [1.165, 1.54) is 11.8 Å². The molecule has 1 aromatic heterocycles. The van der Waals surface area contributed by atoms with E-state index in [4.69, 9.17) is 0 Å². The molecular weight excluding hydrogens is 324 g/mol. The molecule has 7 heteroatoms. The summed E-state index contributed by atoms with van der Waals surface area (Å²) in [6.07, 6.45) is 0. The summed E-state index contributed by atoms with van der Waals surface area (Å²) >= 11 is 1.28. The minimum Gasteiger partial charge on any atom is -0.353 e. The van der Waals surface area contributed by atoms with E-state index in [0.29, 0.717) is 13.1 Å². The van der Waals surface area contributed by atoms with Crippen molar-refractivity contribution in [2.75, 3.05) is 11.9 Å². The average Bonchev–Trinajstić information content (AvgIpc) is 2.86. The number of hydrogen-bond acceptors (Lipinski definition) is 4. The van der Waals surface area contributed by atoms with Gasteiger partial charge in [0.25, 0.3) is 0 Å². The summed E-state index contributed by atoms with van der Waals surface area (Å²) in [5, 5.41) is 10.0. The van der Waals surface area contributed by atoms with E-state index >= 15 is 0 Å². The Morgan fingerprint density at radius 3 is 2.83 bits per heavy atom.